The van der Waals surface area contributed by atoms with Gasteiger partial charge in [0.1, 0.15) is 0 Å². The van der Waals surface area contributed by atoms with E-state index < -0.39 is 5.97 Å². The van der Waals surface area contributed by atoms with E-state index in [4.69, 9.17) is 20.8 Å². The average Bonchev–Trinajstić information content (AvgIpc) is 3.20. The lowest BCUT2D eigenvalue weighted by Gasteiger charge is -2.11. The smallest absolute Gasteiger partial charge is 0.339 e. The predicted molar refractivity (Wildman–Crippen MR) is 110 cm³/mol. The van der Waals surface area contributed by atoms with Crippen LogP contribution in [0.5, 0.6) is 0 Å². The first-order chi connectivity index (χ1) is 13.9. The fraction of sp³-hybridized carbons (Fsp3) is 0.200. The van der Waals surface area contributed by atoms with E-state index in [1.165, 1.54) is 16.7 Å². The number of nitrogens with zero attached hydrogens (tertiary/aromatic N) is 3. The highest BCUT2D eigenvalue weighted by molar-refractivity contribution is 8.00. The number of esters is 1. The summed E-state index contributed by atoms with van der Waals surface area (Å²) in [5, 5.41) is 8.46. The Balaban J connectivity index is 1.63. The molecule has 29 heavy (non-hydrogen) atoms. The van der Waals surface area contributed by atoms with Gasteiger partial charge in [-0.1, -0.05) is 23.7 Å². The summed E-state index contributed by atoms with van der Waals surface area (Å²) in [7, 11) is 3.37. The molecule has 0 fully saturated rings. The standard InChI is InChI=1S/C20H18ClN3O4S/c1-24(2)18(25)12-29-16-6-4-3-5-15(16)20(26)27-11-17-22-23-19(28-17)13-7-9-14(21)10-8-13/h3-10H,11-12H2,1-2H3. The molecule has 9 heteroatoms. The van der Waals surface area contributed by atoms with Gasteiger partial charge in [-0.15, -0.1) is 22.0 Å². The molecule has 0 radical (unpaired) electrons. The third-order valence-corrected chi connectivity index (χ3v) is 5.15. The first-order valence-corrected chi connectivity index (χ1v) is 9.98. The molecule has 1 aromatic heterocycles. The van der Waals surface area contributed by atoms with Crippen LogP contribution < -0.4 is 0 Å². The van der Waals surface area contributed by atoms with Crippen LogP contribution in [0.1, 0.15) is 16.2 Å². The minimum absolute atomic E-state index is 0.0428. The quantitative estimate of drug-likeness (QED) is 0.414. The molecule has 0 aliphatic rings. The zero-order chi connectivity index (χ0) is 20.8. The number of aromatic nitrogens is 2. The molecule has 7 nitrogen and oxygen atoms in total. The van der Waals surface area contributed by atoms with Gasteiger partial charge < -0.3 is 14.1 Å². The second kappa shape index (κ2) is 9.58. The number of ether oxygens (including phenoxy) is 1. The summed E-state index contributed by atoms with van der Waals surface area (Å²) < 4.78 is 10.8. The molecule has 2 aromatic carbocycles. The second-order valence-electron chi connectivity index (χ2n) is 6.16. The van der Waals surface area contributed by atoms with Gasteiger partial charge in [0.05, 0.1) is 11.3 Å². The Labute approximate surface area is 177 Å². The Morgan fingerprint density at radius 1 is 1.10 bits per heavy atom. The van der Waals surface area contributed by atoms with Crippen molar-refractivity contribution in [3.05, 3.63) is 65.0 Å². The normalized spacial score (nSPS) is 10.6. The van der Waals surface area contributed by atoms with Crippen LogP contribution >= 0.6 is 23.4 Å². The van der Waals surface area contributed by atoms with Crippen LogP contribution in [0.3, 0.4) is 0 Å². The maximum absolute atomic E-state index is 12.5. The minimum Gasteiger partial charge on any atom is -0.452 e. The SMILES string of the molecule is CN(C)C(=O)CSc1ccccc1C(=O)OCc1nnc(-c2ccc(Cl)cc2)o1. The highest BCUT2D eigenvalue weighted by Crippen LogP contribution is 2.24. The monoisotopic (exact) mass is 431 g/mol. The molecular weight excluding hydrogens is 414 g/mol. The van der Waals surface area contributed by atoms with Gasteiger partial charge in [0.15, 0.2) is 6.61 Å². The number of hydrogen-bond donors (Lipinski definition) is 0. The number of amides is 1. The molecule has 0 unspecified atom stereocenters. The second-order valence-corrected chi connectivity index (χ2v) is 7.61. The van der Waals surface area contributed by atoms with Crippen LogP contribution in [-0.4, -0.2) is 46.8 Å². The van der Waals surface area contributed by atoms with Gasteiger partial charge in [-0.2, -0.15) is 0 Å². The summed E-state index contributed by atoms with van der Waals surface area (Å²) in [5.41, 5.74) is 1.09. The van der Waals surface area contributed by atoms with Gasteiger partial charge >= 0.3 is 5.97 Å². The molecule has 0 saturated heterocycles. The Hall–Kier alpha value is -2.84. The van der Waals surface area contributed by atoms with Gasteiger partial charge in [-0.3, -0.25) is 4.79 Å². The van der Waals surface area contributed by atoms with Crippen LogP contribution in [0.15, 0.2) is 57.8 Å². The van der Waals surface area contributed by atoms with E-state index in [0.29, 0.717) is 26.9 Å². The van der Waals surface area contributed by atoms with Crippen molar-refractivity contribution in [3.63, 3.8) is 0 Å². The van der Waals surface area contributed by atoms with Crippen molar-refractivity contribution in [3.8, 4) is 11.5 Å². The third kappa shape index (κ3) is 5.58. The highest BCUT2D eigenvalue weighted by Gasteiger charge is 2.16. The molecular formula is C20H18ClN3O4S. The number of rotatable bonds is 7. The van der Waals surface area contributed by atoms with Gasteiger partial charge in [-0.05, 0) is 36.4 Å². The molecule has 0 atom stereocenters. The summed E-state index contributed by atoms with van der Waals surface area (Å²) in [6.07, 6.45) is 0. The molecule has 1 heterocycles. The molecule has 0 spiro atoms. The van der Waals surface area contributed by atoms with E-state index in [-0.39, 0.29) is 24.2 Å². The first kappa shape index (κ1) is 20.9. The van der Waals surface area contributed by atoms with Crippen LogP contribution in [0.25, 0.3) is 11.5 Å². The van der Waals surface area contributed by atoms with Crippen LogP contribution in [-0.2, 0) is 16.1 Å². The fourth-order valence-corrected chi connectivity index (χ4v) is 3.40. The fourth-order valence-electron chi connectivity index (χ4n) is 2.26. The van der Waals surface area contributed by atoms with E-state index in [2.05, 4.69) is 10.2 Å². The number of hydrogen-bond acceptors (Lipinski definition) is 7. The van der Waals surface area contributed by atoms with Gasteiger partial charge in [0.2, 0.25) is 11.8 Å². The van der Waals surface area contributed by atoms with E-state index in [1.807, 2.05) is 0 Å². The summed E-state index contributed by atoms with van der Waals surface area (Å²) in [6.45, 7) is -0.158. The maximum Gasteiger partial charge on any atom is 0.339 e. The van der Waals surface area contributed by atoms with E-state index in [1.54, 1.807) is 62.6 Å². The van der Waals surface area contributed by atoms with Crippen LogP contribution in [0.4, 0.5) is 0 Å². The van der Waals surface area contributed by atoms with Crippen molar-refractivity contribution in [1.82, 2.24) is 15.1 Å². The maximum atomic E-state index is 12.5. The Morgan fingerprint density at radius 3 is 2.55 bits per heavy atom. The minimum atomic E-state index is -0.531. The number of benzene rings is 2. The molecule has 150 valence electrons. The lowest BCUT2D eigenvalue weighted by atomic mass is 10.2. The van der Waals surface area contributed by atoms with Crippen molar-refractivity contribution in [2.45, 2.75) is 11.5 Å². The van der Waals surface area contributed by atoms with Crippen molar-refractivity contribution >= 4 is 35.2 Å². The zero-order valence-corrected chi connectivity index (χ0v) is 17.4. The molecule has 0 aliphatic carbocycles. The van der Waals surface area contributed by atoms with Crippen molar-refractivity contribution in [2.24, 2.45) is 0 Å². The van der Waals surface area contributed by atoms with Crippen molar-refractivity contribution in [1.29, 1.82) is 0 Å². The average molecular weight is 432 g/mol. The largest absolute Gasteiger partial charge is 0.452 e. The zero-order valence-electron chi connectivity index (χ0n) is 15.8. The lowest BCUT2D eigenvalue weighted by molar-refractivity contribution is -0.125. The Morgan fingerprint density at radius 2 is 1.83 bits per heavy atom. The molecule has 1 amide bonds. The van der Waals surface area contributed by atoms with Crippen LogP contribution in [0, 0.1) is 0 Å². The molecule has 0 bridgehead atoms. The topological polar surface area (TPSA) is 85.5 Å². The summed E-state index contributed by atoms with van der Waals surface area (Å²) in [4.78, 5) is 26.5. The number of carbonyl (C=O) groups excluding carboxylic acids is 2. The van der Waals surface area contributed by atoms with Crippen molar-refractivity contribution < 1.29 is 18.7 Å². The Bertz CT molecular complexity index is 1000. The Kier molecular flexibility index (Phi) is 6.90. The van der Waals surface area contributed by atoms with Crippen LogP contribution in [0.2, 0.25) is 5.02 Å². The van der Waals surface area contributed by atoms with E-state index >= 15 is 0 Å². The van der Waals surface area contributed by atoms with E-state index in [9.17, 15) is 9.59 Å². The van der Waals surface area contributed by atoms with Gasteiger partial charge in [0.25, 0.3) is 5.89 Å². The molecule has 3 aromatic rings. The number of halogens is 1. The number of carbonyl (C=O) groups is 2. The highest BCUT2D eigenvalue weighted by atomic mass is 35.5. The van der Waals surface area contributed by atoms with Gasteiger partial charge in [0, 0.05) is 29.6 Å². The van der Waals surface area contributed by atoms with Crippen molar-refractivity contribution in [2.75, 3.05) is 19.8 Å². The molecule has 0 N–H and O–H groups in total. The third-order valence-electron chi connectivity index (χ3n) is 3.84. The van der Waals surface area contributed by atoms with Gasteiger partial charge in [-0.25, -0.2) is 4.79 Å². The molecule has 3 rings (SSSR count). The summed E-state index contributed by atoms with van der Waals surface area (Å²) in [5.74, 6) is 0.142. The first-order valence-electron chi connectivity index (χ1n) is 8.61. The number of thioether (sulfide) groups is 1. The summed E-state index contributed by atoms with van der Waals surface area (Å²) >= 11 is 7.15. The summed E-state index contributed by atoms with van der Waals surface area (Å²) in [6, 6.07) is 13.9. The molecule has 0 saturated carbocycles. The predicted octanol–water partition coefficient (Wildman–Crippen LogP) is 3.93. The molecule has 0 aliphatic heterocycles. The van der Waals surface area contributed by atoms with E-state index in [0.717, 1.165) is 0 Å². The lowest BCUT2D eigenvalue weighted by Crippen LogP contribution is -2.23.